The van der Waals surface area contributed by atoms with Crippen LogP contribution in [-0.4, -0.2) is 52.3 Å². The molecule has 174 valence electrons. The Labute approximate surface area is 190 Å². The fraction of sp³-hybridized carbons (Fsp3) is 0.261. The van der Waals surface area contributed by atoms with Gasteiger partial charge in [-0.3, -0.25) is 0 Å². The van der Waals surface area contributed by atoms with E-state index in [2.05, 4.69) is 0 Å². The highest BCUT2D eigenvalue weighted by Gasteiger charge is 2.40. The van der Waals surface area contributed by atoms with Crippen molar-refractivity contribution >= 4 is 23.9 Å². The van der Waals surface area contributed by atoms with E-state index in [1.807, 2.05) is 13.0 Å². The number of carbonyl (C=O) groups is 4. The fourth-order valence-corrected chi connectivity index (χ4v) is 2.26. The number of hydrogen-bond acceptors (Lipinski definition) is 8. The number of carboxylic acids is 2. The molecule has 10 nitrogen and oxygen atoms in total. The molecule has 0 amide bonds. The normalized spacial score (nSPS) is 12.5. The Morgan fingerprint density at radius 2 is 1.21 bits per heavy atom. The van der Waals surface area contributed by atoms with Gasteiger partial charge in [0.15, 0.2) is 0 Å². The Morgan fingerprint density at radius 1 is 0.848 bits per heavy atom. The summed E-state index contributed by atoms with van der Waals surface area (Å²) in [6.45, 7) is 1.97. The van der Waals surface area contributed by atoms with Gasteiger partial charge in [0.2, 0.25) is 12.2 Å². The van der Waals surface area contributed by atoms with Gasteiger partial charge < -0.3 is 25.4 Å². The molecule has 10 heteroatoms. The Bertz CT molecular complexity index is 903. The summed E-state index contributed by atoms with van der Waals surface area (Å²) >= 11 is 0. The molecule has 2 unspecified atom stereocenters. The lowest BCUT2D eigenvalue weighted by atomic mass is 10.1. The largest absolute Gasteiger partial charge is 0.478 e. The summed E-state index contributed by atoms with van der Waals surface area (Å²) in [5.41, 5.74) is 5.41. The van der Waals surface area contributed by atoms with Gasteiger partial charge in [0.05, 0.1) is 23.6 Å². The van der Waals surface area contributed by atoms with E-state index in [9.17, 15) is 29.4 Å². The quantitative estimate of drug-likeness (QED) is 0.474. The monoisotopic (exact) mass is 456 g/mol. The van der Waals surface area contributed by atoms with Gasteiger partial charge in [-0.2, -0.15) is 5.26 Å². The molecule has 0 saturated heterocycles. The summed E-state index contributed by atoms with van der Waals surface area (Å²) in [5.74, 6) is -5.63. The van der Waals surface area contributed by atoms with Crippen LogP contribution in [-0.2, 0) is 19.1 Å². The lowest BCUT2D eigenvalue weighted by molar-refractivity contribution is -0.166. The summed E-state index contributed by atoms with van der Waals surface area (Å²) < 4.78 is 9.52. The molecule has 0 heterocycles. The molecule has 0 saturated carbocycles. The Morgan fingerprint density at radius 3 is 1.45 bits per heavy atom. The summed E-state index contributed by atoms with van der Waals surface area (Å²) in [4.78, 5) is 46.8. The third-order valence-corrected chi connectivity index (χ3v) is 4.13. The van der Waals surface area contributed by atoms with Crippen molar-refractivity contribution in [1.82, 2.24) is 0 Å². The van der Waals surface area contributed by atoms with E-state index >= 15 is 0 Å². The third kappa shape index (κ3) is 9.20. The van der Waals surface area contributed by atoms with E-state index in [0.717, 1.165) is 6.42 Å². The SMILES string of the molecule is CCC(N)CC#N.O=C(OC(C(=O)O)[C@@H](OC(=O)c1ccccc1)C(=O)O)c1ccccc1. The molecule has 0 bridgehead atoms. The highest BCUT2D eigenvalue weighted by molar-refractivity contribution is 5.95. The predicted molar refractivity (Wildman–Crippen MR) is 115 cm³/mol. The molecule has 0 radical (unpaired) electrons. The number of carbonyl (C=O) groups excluding carboxylic acids is 2. The minimum atomic E-state index is -2.21. The van der Waals surface area contributed by atoms with E-state index in [4.69, 9.17) is 20.5 Å². The molecule has 3 atom stereocenters. The van der Waals surface area contributed by atoms with Crippen molar-refractivity contribution in [2.45, 2.75) is 38.0 Å². The Hall–Kier alpha value is -4.23. The zero-order valence-corrected chi connectivity index (χ0v) is 17.8. The van der Waals surface area contributed by atoms with Gasteiger partial charge in [0.1, 0.15) is 0 Å². The zero-order valence-electron chi connectivity index (χ0n) is 17.8. The second-order valence-electron chi connectivity index (χ2n) is 6.59. The first-order valence-electron chi connectivity index (χ1n) is 9.81. The van der Waals surface area contributed by atoms with Crippen LogP contribution in [0.25, 0.3) is 0 Å². The van der Waals surface area contributed by atoms with Gasteiger partial charge in [-0.25, -0.2) is 19.2 Å². The minimum Gasteiger partial charge on any atom is -0.478 e. The van der Waals surface area contributed by atoms with E-state index in [0.29, 0.717) is 6.42 Å². The molecule has 2 aromatic rings. The number of benzene rings is 2. The third-order valence-electron chi connectivity index (χ3n) is 4.13. The standard InChI is InChI=1S/C18H14O8.C5H10N2/c19-15(20)13(25-17(23)11-7-3-1-4-8-11)14(16(21)22)26-18(24)12-9-5-2-6-10-12;1-2-5(7)3-4-6/h1-10,13-14H,(H,19,20)(H,21,22);5H,2-3,7H2,1H3/t13-,14?;/m1./s1. The summed E-state index contributed by atoms with van der Waals surface area (Å²) in [7, 11) is 0. The van der Waals surface area contributed by atoms with Crippen LogP contribution in [0, 0.1) is 11.3 Å². The summed E-state index contributed by atoms with van der Waals surface area (Å²) in [6.07, 6.45) is -3.05. The molecular formula is C23H24N2O8. The summed E-state index contributed by atoms with van der Waals surface area (Å²) in [5, 5.41) is 26.5. The molecule has 2 rings (SSSR count). The number of rotatable bonds is 9. The first kappa shape index (κ1) is 26.8. The van der Waals surface area contributed by atoms with E-state index < -0.39 is 36.1 Å². The van der Waals surface area contributed by atoms with Crippen LogP contribution in [0.5, 0.6) is 0 Å². The molecule has 0 aliphatic carbocycles. The number of hydrogen-bond donors (Lipinski definition) is 3. The molecule has 0 aliphatic rings. The minimum absolute atomic E-state index is 0.0253. The number of nitrogens with zero attached hydrogens (tertiary/aromatic N) is 1. The van der Waals surface area contributed by atoms with Crippen LogP contribution in [0.15, 0.2) is 60.7 Å². The highest BCUT2D eigenvalue weighted by Crippen LogP contribution is 2.13. The number of ether oxygens (including phenoxy) is 2. The molecule has 0 fully saturated rings. The van der Waals surface area contributed by atoms with Crippen molar-refractivity contribution in [3.8, 4) is 6.07 Å². The smallest absolute Gasteiger partial charge is 0.349 e. The van der Waals surface area contributed by atoms with Crippen LogP contribution in [0.1, 0.15) is 40.5 Å². The lowest BCUT2D eigenvalue weighted by Gasteiger charge is -2.21. The molecule has 2 aromatic carbocycles. The maximum atomic E-state index is 12.0. The average molecular weight is 456 g/mol. The molecule has 0 aromatic heterocycles. The van der Waals surface area contributed by atoms with E-state index in [1.165, 1.54) is 48.5 Å². The predicted octanol–water partition coefficient (Wildman–Crippen LogP) is 2.24. The first-order valence-corrected chi connectivity index (χ1v) is 9.81. The van der Waals surface area contributed by atoms with E-state index in [-0.39, 0.29) is 17.2 Å². The molecule has 4 N–H and O–H groups in total. The van der Waals surface area contributed by atoms with Gasteiger partial charge in [0.25, 0.3) is 0 Å². The number of nitrogens with two attached hydrogens (primary N) is 1. The number of esters is 2. The van der Waals surface area contributed by atoms with Gasteiger partial charge in [0, 0.05) is 6.04 Å². The van der Waals surface area contributed by atoms with Gasteiger partial charge in [-0.15, -0.1) is 0 Å². The van der Waals surface area contributed by atoms with Gasteiger partial charge in [-0.05, 0) is 30.7 Å². The molecular weight excluding hydrogens is 432 g/mol. The maximum Gasteiger partial charge on any atom is 0.349 e. The molecule has 0 aliphatic heterocycles. The van der Waals surface area contributed by atoms with Crippen LogP contribution in [0.3, 0.4) is 0 Å². The number of carboxylic acid groups (broad SMARTS) is 2. The Balaban J connectivity index is 0.000000675. The van der Waals surface area contributed by atoms with Gasteiger partial charge in [-0.1, -0.05) is 43.3 Å². The zero-order chi connectivity index (χ0) is 24.8. The summed E-state index contributed by atoms with van der Waals surface area (Å²) in [6, 6.07) is 16.9. The van der Waals surface area contributed by atoms with Crippen molar-refractivity contribution in [1.29, 1.82) is 5.26 Å². The van der Waals surface area contributed by atoms with Crippen molar-refractivity contribution in [2.75, 3.05) is 0 Å². The second kappa shape index (κ2) is 14.0. The first-order chi connectivity index (χ1) is 15.7. The average Bonchev–Trinajstić information content (AvgIpc) is 2.82. The highest BCUT2D eigenvalue weighted by atomic mass is 16.6. The van der Waals surface area contributed by atoms with Crippen molar-refractivity contribution in [2.24, 2.45) is 5.73 Å². The van der Waals surface area contributed by atoms with Crippen molar-refractivity contribution < 1.29 is 38.9 Å². The Kier molecular flexibility index (Phi) is 11.3. The van der Waals surface area contributed by atoms with Crippen LogP contribution in [0.2, 0.25) is 0 Å². The van der Waals surface area contributed by atoms with Crippen LogP contribution < -0.4 is 5.73 Å². The topological polar surface area (TPSA) is 177 Å². The van der Waals surface area contributed by atoms with Crippen LogP contribution in [0.4, 0.5) is 0 Å². The van der Waals surface area contributed by atoms with E-state index in [1.54, 1.807) is 12.1 Å². The van der Waals surface area contributed by atoms with Crippen LogP contribution >= 0.6 is 0 Å². The second-order valence-corrected chi connectivity index (χ2v) is 6.59. The van der Waals surface area contributed by atoms with Crippen molar-refractivity contribution in [3.05, 3.63) is 71.8 Å². The molecule has 0 spiro atoms. The lowest BCUT2D eigenvalue weighted by Crippen LogP contribution is -2.45. The maximum absolute atomic E-state index is 12.0. The fourth-order valence-electron chi connectivity index (χ4n) is 2.26. The molecule has 33 heavy (non-hydrogen) atoms. The number of nitriles is 1. The van der Waals surface area contributed by atoms with Gasteiger partial charge >= 0.3 is 23.9 Å². The number of aliphatic carboxylic acids is 2. The van der Waals surface area contributed by atoms with Crippen molar-refractivity contribution in [3.63, 3.8) is 0 Å².